The molecule has 2 aromatic rings. The normalized spacial score (nSPS) is 19.3. The summed E-state index contributed by atoms with van der Waals surface area (Å²) in [7, 11) is 0. The molecule has 0 saturated heterocycles. The van der Waals surface area contributed by atoms with E-state index < -0.39 is 17.5 Å². The summed E-state index contributed by atoms with van der Waals surface area (Å²) in [6.07, 6.45) is -0.725. The van der Waals surface area contributed by atoms with Gasteiger partial charge in [-0.25, -0.2) is 4.79 Å². The number of hydrogen-bond donors (Lipinski definition) is 0. The molecule has 0 radical (unpaired) electrons. The SMILES string of the molecule is Cc1cc(C2C(=O)c3ccccc3C2OC(=O)Cl)c(C)c(C)c1Cl. The molecule has 0 spiro atoms. The van der Waals surface area contributed by atoms with Gasteiger partial charge in [-0.2, -0.15) is 0 Å². The van der Waals surface area contributed by atoms with Crippen LogP contribution in [0.4, 0.5) is 4.79 Å². The van der Waals surface area contributed by atoms with E-state index in [2.05, 4.69) is 0 Å². The van der Waals surface area contributed by atoms with E-state index in [4.69, 9.17) is 27.9 Å². The molecule has 0 bridgehead atoms. The molecule has 2 atom stereocenters. The Morgan fingerprint density at radius 1 is 1.08 bits per heavy atom. The molecule has 0 saturated carbocycles. The molecule has 124 valence electrons. The zero-order valence-electron chi connectivity index (χ0n) is 13.5. The summed E-state index contributed by atoms with van der Waals surface area (Å²) in [5.74, 6) is -0.683. The Kier molecular flexibility index (Phi) is 4.41. The minimum Gasteiger partial charge on any atom is -0.444 e. The van der Waals surface area contributed by atoms with Gasteiger partial charge in [0.05, 0.1) is 5.92 Å². The molecule has 0 aromatic heterocycles. The molecule has 0 aliphatic heterocycles. The third kappa shape index (κ3) is 2.62. The van der Waals surface area contributed by atoms with E-state index in [0.717, 1.165) is 22.3 Å². The third-order valence-corrected chi connectivity index (χ3v) is 5.39. The Balaban J connectivity index is 2.20. The number of carbonyl (C=O) groups is 2. The lowest BCUT2D eigenvalue weighted by molar-refractivity contribution is 0.0819. The van der Waals surface area contributed by atoms with Crippen LogP contribution in [0.1, 0.15) is 50.2 Å². The number of carbonyl (C=O) groups excluding carboxylic acids is 2. The fourth-order valence-electron chi connectivity index (χ4n) is 3.39. The summed E-state index contributed by atoms with van der Waals surface area (Å²) in [5, 5.41) is 0.685. The number of benzene rings is 2. The fourth-order valence-corrected chi connectivity index (χ4v) is 3.69. The maximum atomic E-state index is 13.0. The smallest absolute Gasteiger partial charge is 0.404 e. The van der Waals surface area contributed by atoms with E-state index in [1.165, 1.54) is 0 Å². The second-order valence-corrected chi connectivity index (χ2v) is 6.74. The summed E-state index contributed by atoms with van der Waals surface area (Å²) in [6.45, 7) is 5.74. The van der Waals surface area contributed by atoms with Crippen LogP contribution in [0.3, 0.4) is 0 Å². The number of ether oxygens (including phenoxy) is 1. The van der Waals surface area contributed by atoms with Crippen molar-refractivity contribution in [1.82, 2.24) is 0 Å². The van der Waals surface area contributed by atoms with Crippen LogP contribution in [0, 0.1) is 20.8 Å². The van der Waals surface area contributed by atoms with Crippen LogP contribution in [-0.2, 0) is 4.74 Å². The monoisotopic (exact) mass is 362 g/mol. The zero-order valence-corrected chi connectivity index (χ0v) is 15.0. The van der Waals surface area contributed by atoms with Gasteiger partial charge in [0.15, 0.2) is 5.78 Å². The molecule has 0 heterocycles. The van der Waals surface area contributed by atoms with Crippen molar-refractivity contribution in [1.29, 1.82) is 0 Å². The second kappa shape index (κ2) is 6.23. The topological polar surface area (TPSA) is 43.4 Å². The molecule has 0 amide bonds. The maximum Gasteiger partial charge on any atom is 0.404 e. The zero-order chi connectivity index (χ0) is 17.6. The van der Waals surface area contributed by atoms with Crippen molar-refractivity contribution in [3.05, 3.63) is 68.7 Å². The first-order valence-corrected chi connectivity index (χ1v) is 8.34. The predicted octanol–water partition coefficient (Wildman–Crippen LogP) is 5.66. The highest BCUT2D eigenvalue weighted by Crippen LogP contribution is 2.47. The van der Waals surface area contributed by atoms with Crippen LogP contribution in [-0.4, -0.2) is 11.2 Å². The lowest BCUT2D eigenvalue weighted by Crippen LogP contribution is -2.17. The first-order valence-electron chi connectivity index (χ1n) is 7.58. The minimum absolute atomic E-state index is 0.0715. The highest BCUT2D eigenvalue weighted by molar-refractivity contribution is 6.61. The van der Waals surface area contributed by atoms with Crippen molar-refractivity contribution in [3.8, 4) is 0 Å². The molecular formula is C19H16Cl2O3. The Labute approximate surface area is 150 Å². The van der Waals surface area contributed by atoms with Gasteiger partial charge < -0.3 is 4.74 Å². The molecule has 3 nitrogen and oxygen atoms in total. The van der Waals surface area contributed by atoms with Crippen LogP contribution in [0.15, 0.2) is 30.3 Å². The quantitative estimate of drug-likeness (QED) is 0.647. The summed E-state index contributed by atoms with van der Waals surface area (Å²) in [4.78, 5) is 24.4. The number of Topliss-reactive ketones (excluding diaryl/α,β-unsaturated/α-hetero) is 1. The van der Waals surface area contributed by atoms with E-state index in [1.54, 1.807) is 18.2 Å². The van der Waals surface area contributed by atoms with Crippen LogP contribution >= 0.6 is 23.2 Å². The number of fused-ring (bicyclic) bond motifs is 1. The van der Waals surface area contributed by atoms with Crippen LogP contribution < -0.4 is 0 Å². The Morgan fingerprint density at radius 3 is 2.42 bits per heavy atom. The third-order valence-electron chi connectivity index (χ3n) is 4.72. The summed E-state index contributed by atoms with van der Waals surface area (Å²) in [6, 6.07) is 9.05. The van der Waals surface area contributed by atoms with Gasteiger partial charge in [-0.05, 0) is 43.0 Å². The van der Waals surface area contributed by atoms with E-state index in [-0.39, 0.29) is 5.78 Å². The average Bonchev–Trinajstić information content (AvgIpc) is 2.81. The van der Waals surface area contributed by atoms with Gasteiger partial charge in [-0.1, -0.05) is 41.9 Å². The van der Waals surface area contributed by atoms with Crippen molar-refractivity contribution in [2.45, 2.75) is 32.8 Å². The van der Waals surface area contributed by atoms with Gasteiger partial charge in [0.2, 0.25) is 0 Å². The summed E-state index contributed by atoms with van der Waals surface area (Å²) >= 11 is 11.8. The molecule has 1 aliphatic carbocycles. The lowest BCUT2D eigenvalue weighted by atomic mass is 9.86. The molecule has 0 N–H and O–H groups in total. The van der Waals surface area contributed by atoms with Crippen LogP contribution in [0.5, 0.6) is 0 Å². The molecule has 5 heteroatoms. The Hall–Kier alpha value is -1.84. The molecule has 3 rings (SSSR count). The minimum atomic E-state index is -0.922. The first-order chi connectivity index (χ1) is 11.3. The molecule has 2 unspecified atom stereocenters. The number of aryl methyl sites for hydroxylation is 1. The number of hydrogen-bond acceptors (Lipinski definition) is 3. The largest absolute Gasteiger partial charge is 0.444 e. The lowest BCUT2D eigenvalue weighted by Gasteiger charge is -2.22. The highest BCUT2D eigenvalue weighted by Gasteiger charge is 2.43. The molecular weight excluding hydrogens is 347 g/mol. The summed E-state index contributed by atoms with van der Waals surface area (Å²) < 4.78 is 5.31. The first kappa shape index (κ1) is 17.0. The van der Waals surface area contributed by atoms with Gasteiger partial charge in [0.1, 0.15) is 6.10 Å². The van der Waals surface area contributed by atoms with Crippen LogP contribution in [0.25, 0.3) is 0 Å². The van der Waals surface area contributed by atoms with E-state index in [1.807, 2.05) is 32.9 Å². The van der Waals surface area contributed by atoms with Gasteiger partial charge in [0, 0.05) is 27.8 Å². The fraction of sp³-hybridized carbons (Fsp3) is 0.263. The second-order valence-electron chi connectivity index (χ2n) is 6.05. The summed E-state index contributed by atoms with van der Waals surface area (Å²) in [5.41, 5.74) is 3.88. The standard InChI is InChI=1S/C19H16Cl2O3/c1-9-8-14(10(2)11(3)16(9)20)15-17(22)12-6-4-5-7-13(12)18(15)24-19(21)23/h4-8,15,18H,1-3H3. The molecule has 24 heavy (non-hydrogen) atoms. The predicted molar refractivity (Wildman–Crippen MR) is 94.3 cm³/mol. The number of ketones is 1. The van der Waals surface area contributed by atoms with Crippen LogP contribution in [0.2, 0.25) is 5.02 Å². The van der Waals surface area contributed by atoms with Gasteiger partial charge in [0.25, 0.3) is 0 Å². The van der Waals surface area contributed by atoms with Gasteiger partial charge in [-0.3, -0.25) is 4.79 Å². The van der Waals surface area contributed by atoms with E-state index in [0.29, 0.717) is 16.1 Å². The van der Waals surface area contributed by atoms with Crippen molar-refractivity contribution in [3.63, 3.8) is 0 Å². The Bertz CT molecular complexity index is 858. The van der Waals surface area contributed by atoms with Gasteiger partial charge >= 0.3 is 5.43 Å². The maximum absolute atomic E-state index is 13.0. The van der Waals surface area contributed by atoms with E-state index >= 15 is 0 Å². The Morgan fingerprint density at radius 2 is 1.75 bits per heavy atom. The van der Waals surface area contributed by atoms with Crippen molar-refractivity contribution >= 4 is 34.4 Å². The highest BCUT2D eigenvalue weighted by atomic mass is 35.5. The van der Waals surface area contributed by atoms with E-state index in [9.17, 15) is 9.59 Å². The number of halogens is 2. The molecule has 2 aromatic carbocycles. The molecule has 0 fully saturated rings. The van der Waals surface area contributed by atoms with Crippen molar-refractivity contribution < 1.29 is 14.3 Å². The molecule has 1 aliphatic rings. The average molecular weight is 363 g/mol. The van der Waals surface area contributed by atoms with Crippen molar-refractivity contribution in [2.75, 3.05) is 0 Å². The van der Waals surface area contributed by atoms with Crippen molar-refractivity contribution in [2.24, 2.45) is 0 Å². The van der Waals surface area contributed by atoms with Gasteiger partial charge in [-0.15, -0.1) is 0 Å². The number of rotatable bonds is 2.